The van der Waals surface area contributed by atoms with Gasteiger partial charge in [-0.25, -0.2) is 14.8 Å². The first kappa shape index (κ1) is 24.8. The van der Waals surface area contributed by atoms with Crippen LogP contribution in [0, 0.1) is 11.8 Å². The predicted octanol–water partition coefficient (Wildman–Crippen LogP) is 4.92. The molecular weight excluding hydrogens is 492 g/mol. The molecule has 0 atom stereocenters. The number of hydrogen-bond donors (Lipinski definition) is 2. The van der Waals surface area contributed by atoms with Crippen molar-refractivity contribution in [2.45, 2.75) is 45.3 Å². The number of nitrogens with one attached hydrogen (secondary N) is 1. The third kappa shape index (κ3) is 5.67. The van der Waals surface area contributed by atoms with Gasteiger partial charge in [-0.05, 0) is 79.5 Å². The van der Waals surface area contributed by atoms with Crippen LogP contribution in [0.25, 0.3) is 22.1 Å². The number of rotatable bonds is 8. The van der Waals surface area contributed by atoms with Crippen LogP contribution in [0.5, 0.6) is 0 Å². The minimum absolute atomic E-state index is 0.0608. The average molecular weight is 523 g/mol. The van der Waals surface area contributed by atoms with Gasteiger partial charge in [-0.3, -0.25) is 9.78 Å². The van der Waals surface area contributed by atoms with Gasteiger partial charge in [0.1, 0.15) is 11.3 Å². The van der Waals surface area contributed by atoms with Gasteiger partial charge in [-0.1, -0.05) is 0 Å². The largest absolute Gasteiger partial charge is 0.478 e. The molecule has 0 saturated heterocycles. The van der Waals surface area contributed by atoms with Crippen LogP contribution in [0.15, 0.2) is 73.6 Å². The number of hydrogen-bond acceptors (Lipinski definition) is 5. The molecule has 2 N–H and O–H groups in total. The molecule has 0 spiro atoms. The van der Waals surface area contributed by atoms with Crippen LogP contribution in [0.3, 0.4) is 0 Å². The summed E-state index contributed by atoms with van der Waals surface area (Å²) in [6.07, 6.45) is 15.6. The van der Waals surface area contributed by atoms with E-state index in [1.807, 2.05) is 41.1 Å². The molecule has 198 valence electrons. The lowest BCUT2D eigenvalue weighted by atomic mass is 10.2. The van der Waals surface area contributed by atoms with Crippen LogP contribution in [0.1, 0.15) is 52.0 Å². The van der Waals surface area contributed by atoms with Gasteiger partial charge in [0.2, 0.25) is 0 Å². The molecule has 5 aromatic heterocycles. The van der Waals surface area contributed by atoms with Gasteiger partial charge >= 0.3 is 5.97 Å². The van der Waals surface area contributed by atoms with Crippen molar-refractivity contribution in [3.05, 3.63) is 90.3 Å². The number of carbonyl (C=O) groups is 2. The van der Waals surface area contributed by atoms with Gasteiger partial charge in [-0.2, -0.15) is 0 Å². The second kappa shape index (κ2) is 10.7. The summed E-state index contributed by atoms with van der Waals surface area (Å²) < 4.78 is 4.09. The minimum Gasteiger partial charge on any atom is -0.478 e. The maximum atomic E-state index is 12.6. The first-order valence-electron chi connectivity index (χ1n) is 13.3. The Morgan fingerprint density at radius 1 is 0.795 bits per heavy atom. The van der Waals surface area contributed by atoms with Crippen LogP contribution in [-0.4, -0.2) is 41.1 Å². The molecule has 0 aliphatic heterocycles. The van der Waals surface area contributed by atoms with Crippen molar-refractivity contribution in [2.24, 2.45) is 11.8 Å². The number of aromatic carboxylic acids is 1. The van der Waals surface area contributed by atoms with Crippen molar-refractivity contribution in [3.63, 3.8) is 0 Å². The summed E-state index contributed by atoms with van der Waals surface area (Å²) in [6, 6.07) is 11.2. The van der Waals surface area contributed by atoms with Gasteiger partial charge in [0.15, 0.2) is 0 Å². The summed E-state index contributed by atoms with van der Waals surface area (Å²) in [7, 11) is 0. The molecule has 0 bridgehead atoms. The first-order valence-corrected chi connectivity index (χ1v) is 13.3. The highest BCUT2D eigenvalue weighted by Gasteiger charge is 2.25. The molecule has 0 unspecified atom stereocenters. The second-order valence-electron chi connectivity index (χ2n) is 10.4. The molecule has 2 aliphatic carbocycles. The van der Waals surface area contributed by atoms with E-state index in [-0.39, 0.29) is 5.91 Å². The summed E-state index contributed by atoms with van der Waals surface area (Å²) in [4.78, 5) is 36.4. The van der Waals surface area contributed by atoms with E-state index in [0.717, 1.165) is 46.6 Å². The highest BCUT2D eigenvalue weighted by atomic mass is 16.4. The van der Waals surface area contributed by atoms with Crippen LogP contribution in [0.4, 0.5) is 0 Å². The summed E-state index contributed by atoms with van der Waals surface area (Å²) in [6.45, 7) is 2.34. The van der Waals surface area contributed by atoms with E-state index < -0.39 is 5.97 Å². The smallest absolute Gasteiger partial charge is 0.337 e. The zero-order chi connectivity index (χ0) is 26.8. The zero-order valence-corrected chi connectivity index (χ0v) is 21.5. The molecule has 0 aromatic carbocycles. The summed E-state index contributed by atoms with van der Waals surface area (Å²) >= 11 is 0. The lowest BCUT2D eigenvalue weighted by Crippen LogP contribution is -2.22. The fraction of sp³-hybridized carbons (Fsp3) is 0.300. The Bertz CT molecular complexity index is 1630. The number of pyridine rings is 3. The number of nitrogens with zero attached hydrogens (tertiary/aromatic N) is 5. The highest BCUT2D eigenvalue weighted by Crippen LogP contribution is 2.33. The van der Waals surface area contributed by atoms with Crippen molar-refractivity contribution < 1.29 is 14.7 Å². The number of carboxylic acid groups (broad SMARTS) is 1. The molecule has 5 heterocycles. The van der Waals surface area contributed by atoms with E-state index in [0.29, 0.717) is 23.6 Å². The topological polar surface area (TPSA) is 115 Å². The number of fused-ring (bicyclic) bond motifs is 2. The fourth-order valence-corrected chi connectivity index (χ4v) is 4.81. The maximum Gasteiger partial charge on any atom is 0.337 e. The van der Waals surface area contributed by atoms with Crippen LogP contribution >= 0.6 is 0 Å². The maximum absolute atomic E-state index is 12.6. The first-order chi connectivity index (χ1) is 19.1. The summed E-state index contributed by atoms with van der Waals surface area (Å²) in [5.41, 5.74) is 3.76. The van der Waals surface area contributed by atoms with Crippen molar-refractivity contribution in [1.29, 1.82) is 0 Å². The molecule has 39 heavy (non-hydrogen) atoms. The zero-order valence-electron chi connectivity index (χ0n) is 21.5. The lowest BCUT2D eigenvalue weighted by molar-refractivity contribution is 0.0698. The predicted molar refractivity (Wildman–Crippen MR) is 147 cm³/mol. The van der Waals surface area contributed by atoms with Crippen molar-refractivity contribution in [3.8, 4) is 0 Å². The van der Waals surface area contributed by atoms with Crippen molar-refractivity contribution in [1.82, 2.24) is 29.4 Å². The van der Waals surface area contributed by atoms with Gasteiger partial charge in [0.25, 0.3) is 5.91 Å². The van der Waals surface area contributed by atoms with Crippen LogP contribution in [-0.2, 0) is 19.6 Å². The summed E-state index contributed by atoms with van der Waals surface area (Å²) in [5, 5.41) is 13.7. The fourth-order valence-electron chi connectivity index (χ4n) is 4.81. The van der Waals surface area contributed by atoms with Crippen LogP contribution < -0.4 is 5.32 Å². The standard InChI is InChI=1S/C18H18N4O.C12H12N2O2/c23-18(21-10-13-5-8-19-9-6-13)16-12-22(11-14-3-4-14)17-15(16)2-1-7-20-17;15-12(16)10-7-14(6-8-3-4-8)11-9(10)2-1-5-13-11/h1-2,5-9,12,14H,3-4,10-11H2,(H,21,23);1-2,5,7-8H,3-4,6H2,(H,15,16). The molecule has 0 radical (unpaired) electrons. The van der Waals surface area contributed by atoms with Crippen LogP contribution in [0.2, 0.25) is 0 Å². The van der Waals surface area contributed by atoms with E-state index in [2.05, 4.69) is 24.8 Å². The normalized spacial score (nSPS) is 14.7. The quantitative estimate of drug-likeness (QED) is 0.299. The van der Waals surface area contributed by atoms with Gasteiger partial charge in [-0.15, -0.1) is 0 Å². The molecule has 2 fully saturated rings. The van der Waals surface area contributed by atoms with E-state index in [1.165, 1.54) is 25.7 Å². The number of amides is 1. The third-order valence-electron chi connectivity index (χ3n) is 7.25. The van der Waals surface area contributed by atoms with Gasteiger partial charge in [0, 0.05) is 67.6 Å². The highest BCUT2D eigenvalue weighted by molar-refractivity contribution is 6.06. The Morgan fingerprint density at radius 2 is 1.33 bits per heavy atom. The second-order valence-corrected chi connectivity index (χ2v) is 10.4. The molecular formula is C30H30N6O3. The lowest BCUT2D eigenvalue weighted by Gasteiger charge is -2.04. The van der Waals surface area contributed by atoms with E-state index in [1.54, 1.807) is 37.1 Å². The van der Waals surface area contributed by atoms with Crippen molar-refractivity contribution >= 4 is 33.9 Å². The molecule has 9 nitrogen and oxygen atoms in total. The third-order valence-corrected chi connectivity index (χ3v) is 7.25. The molecule has 1 amide bonds. The number of aromatic nitrogens is 5. The van der Waals surface area contributed by atoms with Crippen molar-refractivity contribution in [2.75, 3.05) is 0 Å². The minimum atomic E-state index is -0.882. The van der Waals surface area contributed by atoms with Gasteiger partial charge in [0.05, 0.1) is 11.1 Å². The van der Waals surface area contributed by atoms with E-state index >= 15 is 0 Å². The Labute approximate surface area is 225 Å². The van der Waals surface area contributed by atoms with E-state index in [4.69, 9.17) is 5.11 Å². The Kier molecular flexibility index (Phi) is 6.79. The molecule has 2 saturated carbocycles. The molecule has 2 aliphatic rings. The molecule has 9 heteroatoms. The molecule has 5 aromatic rings. The van der Waals surface area contributed by atoms with E-state index in [9.17, 15) is 9.59 Å². The number of carboxylic acids is 1. The Morgan fingerprint density at radius 3 is 1.87 bits per heavy atom. The SMILES string of the molecule is O=C(NCc1ccncc1)c1cn(CC2CC2)c2ncccc12.O=C(O)c1cn(CC2CC2)c2ncccc12. The molecule has 7 rings (SSSR count). The average Bonchev–Trinajstić information content (AvgIpc) is 3.89. The summed E-state index contributed by atoms with van der Waals surface area (Å²) in [5.74, 6) is 0.501. The van der Waals surface area contributed by atoms with Gasteiger partial charge < -0.3 is 19.6 Å². The Balaban J connectivity index is 0.000000151. The number of carbonyl (C=O) groups excluding carboxylic acids is 1. The monoisotopic (exact) mass is 522 g/mol. The Hall–Kier alpha value is -4.53.